The number of rotatable bonds is 3. The van der Waals surface area contributed by atoms with E-state index in [2.05, 4.69) is 5.10 Å². The lowest BCUT2D eigenvalue weighted by Crippen LogP contribution is -2.05. The van der Waals surface area contributed by atoms with E-state index >= 15 is 0 Å². The molecule has 2 rings (SSSR count). The highest BCUT2D eigenvalue weighted by Crippen LogP contribution is 2.08. The van der Waals surface area contributed by atoms with Gasteiger partial charge in [-0.15, -0.1) is 0 Å². The Morgan fingerprint density at radius 2 is 2.19 bits per heavy atom. The van der Waals surface area contributed by atoms with Gasteiger partial charge in [-0.1, -0.05) is 29.8 Å². The highest BCUT2D eigenvalue weighted by Gasteiger charge is 2.09. The summed E-state index contributed by atoms with van der Waals surface area (Å²) in [6.07, 6.45) is 2.20. The predicted octanol–water partition coefficient (Wildman–Crippen LogP) is 2.15. The van der Waals surface area contributed by atoms with Gasteiger partial charge in [0.1, 0.15) is 5.69 Å². The Labute approximate surface area is 94.7 Å². The molecule has 16 heavy (non-hydrogen) atoms. The van der Waals surface area contributed by atoms with Gasteiger partial charge < -0.3 is 0 Å². The summed E-state index contributed by atoms with van der Waals surface area (Å²) < 4.78 is 1.64. The number of hydrogen-bond acceptors (Lipinski definition) is 2. The standard InChI is InChI=1S/C13H14N2O/c1-10-4-3-5-11(8-10)9-13(16)12-6-7-15(2)14-12/h3-8H,9H2,1-2H3. The van der Waals surface area contributed by atoms with Crippen LogP contribution in [0.4, 0.5) is 0 Å². The summed E-state index contributed by atoms with van der Waals surface area (Å²) in [5, 5.41) is 4.10. The molecule has 0 aliphatic carbocycles. The van der Waals surface area contributed by atoms with Gasteiger partial charge in [0.25, 0.3) is 0 Å². The van der Waals surface area contributed by atoms with E-state index in [4.69, 9.17) is 0 Å². The molecule has 0 saturated heterocycles. The first-order chi connectivity index (χ1) is 7.65. The largest absolute Gasteiger partial charge is 0.292 e. The molecule has 1 aromatic carbocycles. The molecule has 0 aliphatic rings. The van der Waals surface area contributed by atoms with Gasteiger partial charge in [0, 0.05) is 19.7 Å². The van der Waals surface area contributed by atoms with Gasteiger partial charge in [0.05, 0.1) is 0 Å². The lowest BCUT2D eigenvalue weighted by Gasteiger charge is -2.00. The molecule has 0 amide bonds. The molecule has 0 radical (unpaired) electrons. The molecule has 0 spiro atoms. The Morgan fingerprint density at radius 1 is 1.38 bits per heavy atom. The molecule has 3 heteroatoms. The SMILES string of the molecule is Cc1cccc(CC(=O)c2ccn(C)n2)c1. The summed E-state index contributed by atoms with van der Waals surface area (Å²) in [5.41, 5.74) is 2.74. The highest BCUT2D eigenvalue weighted by molar-refractivity contribution is 5.95. The third-order valence-corrected chi connectivity index (χ3v) is 2.45. The van der Waals surface area contributed by atoms with Crippen molar-refractivity contribution < 1.29 is 4.79 Å². The minimum atomic E-state index is 0.0613. The average Bonchev–Trinajstić information content (AvgIpc) is 2.65. The highest BCUT2D eigenvalue weighted by atomic mass is 16.1. The molecule has 0 N–H and O–H groups in total. The molecule has 0 bridgehead atoms. The van der Waals surface area contributed by atoms with Crippen molar-refractivity contribution in [3.8, 4) is 0 Å². The molecular weight excluding hydrogens is 200 g/mol. The quantitative estimate of drug-likeness (QED) is 0.734. The van der Waals surface area contributed by atoms with Crippen molar-refractivity contribution in [3.63, 3.8) is 0 Å². The van der Waals surface area contributed by atoms with E-state index in [9.17, 15) is 4.79 Å². The third-order valence-electron chi connectivity index (χ3n) is 2.45. The molecule has 3 nitrogen and oxygen atoms in total. The van der Waals surface area contributed by atoms with Crippen molar-refractivity contribution in [1.29, 1.82) is 0 Å². The number of aryl methyl sites for hydroxylation is 2. The van der Waals surface area contributed by atoms with E-state index in [1.165, 1.54) is 5.56 Å². The van der Waals surface area contributed by atoms with Crippen molar-refractivity contribution in [2.45, 2.75) is 13.3 Å². The molecule has 1 aromatic heterocycles. The minimum Gasteiger partial charge on any atom is -0.292 e. The van der Waals surface area contributed by atoms with Crippen LogP contribution in [0.5, 0.6) is 0 Å². The Hall–Kier alpha value is -1.90. The lowest BCUT2D eigenvalue weighted by atomic mass is 10.1. The van der Waals surface area contributed by atoms with Crippen LogP contribution in [0.15, 0.2) is 36.5 Å². The van der Waals surface area contributed by atoms with Crippen molar-refractivity contribution in [2.24, 2.45) is 7.05 Å². The van der Waals surface area contributed by atoms with Crippen molar-refractivity contribution >= 4 is 5.78 Å². The second-order valence-electron chi connectivity index (χ2n) is 3.96. The molecular formula is C13H14N2O. The lowest BCUT2D eigenvalue weighted by molar-refractivity contribution is 0.0987. The molecule has 0 saturated carbocycles. The van der Waals surface area contributed by atoms with Crippen molar-refractivity contribution in [3.05, 3.63) is 53.3 Å². The molecule has 2 aromatic rings. The number of aromatic nitrogens is 2. The Kier molecular flexibility index (Phi) is 2.86. The average molecular weight is 214 g/mol. The van der Waals surface area contributed by atoms with Gasteiger partial charge in [-0.2, -0.15) is 5.10 Å². The second kappa shape index (κ2) is 4.31. The van der Waals surface area contributed by atoms with Crippen LogP contribution in [0.1, 0.15) is 21.6 Å². The van der Waals surface area contributed by atoms with Gasteiger partial charge in [0.15, 0.2) is 5.78 Å². The van der Waals surface area contributed by atoms with Crippen molar-refractivity contribution in [2.75, 3.05) is 0 Å². The monoisotopic (exact) mass is 214 g/mol. The molecule has 0 atom stereocenters. The summed E-state index contributed by atoms with van der Waals surface area (Å²) in [6, 6.07) is 9.73. The number of Topliss-reactive ketones (excluding diaryl/α,β-unsaturated/α-hetero) is 1. The van der Waals surface area contributed by atoms with Crippen LogP contribution in [0.25, 0.3) is 0 Å². The summed E-state index contributed by atoms with van der Waals surface area (Å²) in [4.78, 5) is 11.9. The van der Waals surface area contributed by atoms with Gasteiger partial charge in [-0.3, -0.25) is 9.48 Å². The Morgan fingerprint density at radius 3 is 2.81 bits per heavy atom. The van der Waals surface area contributed by atoms with Crippen LogP contribution in [0.2, 0.25) is 0 Å². The number of benzene rings is 1. The fourth-order valence-electron chi connectivity index (χ4n) is 1.66. The Balaban J connectivity index is 2.13. The first kappa shape index (κ1) is 10.6. The van der Waals surface area contributed by atoms with Gasteiger partial charge >= 0.3 is 0 Å². The van der Waals surface area contributed by atoms with Crippen LogP contribution in [-0.4, -0.2) is 15.6 Å². The van der Waals surface area contributed by atoms with Gasteiger partial charge in [-0.25, -0.2) is 0 Å². The fraction of sp³-hybridized carbons (Fsp3) is 0.231. The summed E-state index contributed by atoms with van der Waals surface area (Å²) in [5.74, 6) is 0.0613. The number of nitrogens with zero attached hydrogens (tertiary/aromatic N) is 2. The van der Waals surface area contributed by atoms with Crippen LogP contribution in [0, 0.1) is 6.92 Å². The van der Waals surface area contributed by atoms with Gasteiger partial charge in [-0.05, 0) is 18.6 Å². The van der Waals surface area contributed by atoms with E-state index in [1.54, 1.807) is 16.9 Å². The van der Waals surface area contributed by atoms with Crippen LogP contribution >= 0.6 is 0 Å². The second-order valence-corrected chi connectivity index (χ2v) is 3.96. The molecule has 82 valence electrons. The van der Waals surface area contributed by atoms with E-state index < -0.39 is 0 Å². The zero-order valence-electron chi connectivity index (χ0n) is 9.47. The van der Waals surface area contributed by atoms with E-state index in [1.807, 2.05) is 38.2 Å². The fourth-order valence-corrected chi connectivity index (χ4v) is 1.66. The number of carbonyl (C=O) groups excluding carboxylic acids is 1. The molecule has 0 fully saturated rings. The van der Waals surface area contributed by atoms with Crippen LogP contribution < -0.4 is 0 Å². The van der Waals surface area contributed by atoms with Gasteiger partial charge in [0.2, 0.25) is 0 Å². The molecule has 0 unspecified atom stereocenters. The molecule has 1 heterocycles. The number of hydrogen-bond donors (Lipinski definition) is 0. The maximum atomic E-state index is 11.9. The zero-order chi connectivity index (χ0) is 11.5. The summed E-state index contributed by atoms with van der Waals surface area (Å²) >= 11 is 0. The normalized spacial score (nSPS) is 10.4. The predicted molar refractivity (Wildman–Crippen MR) is 62.4 cm³/mol. The summed E-state index contributed by atoms with van der Waals surface area (Å²) in [6.45, 7) is 2.02. The van der Waals surface area contributed by atoms with E-state index in [0.29, 0.717) is 12.1 Å². The van der Waals surface area contributed by atoms with E-state index in [-0.39, 0.29) is 5.78 Å². The van der Waals surface area contributed by atoms with Crippen molar-refractivity contribution in [1.82, 2.24) is 9.78 Å². The topological polar surface area (TPSA) is 34.9 Å². The van der Waals surface area contributed by atoms with Crippen LogP contribution in [0.3, 0.4) is 0 Å². The van der Waals surface area contributed by atoms with E-state index in [0.717, 1.165) is 5.56 Å². The minimum absolute atomic E-state index is 0.0613. The maximum absolute atomic E-state index is 11.9. The first-order valence-electron chi connectivity index (χ1n) is 5.23. The Bertz CT molecular complexity index is 514. The maximum Gasteiger partial charge on any atom is 0.187 e. The summed E-state index contributed by atoms with van der Waals surface area (Å²) in [7, 11) is 1.81. The first-order valence-corrected chi connectivity index (χ1v) is 5.23. The number of ketones is 1. The zero-order valence-corrected chi connectivity index (χ0v) is 9.47. The van der Waals surface area contributed by atoms with Crippen LogP contribution in [-0.2, 0) is 13.5 Å². The number of carbonyl (C=O) groups is 1. The molecule has 0 aliphatic heterocycles. The third kappa shape index (κ3) is 2.37. The smallest absolute Gasteiger partial charge is 0.187 e.